The number of hydrogen-bond acceptors (Lipinski definition) is 1. The molecule has 310 valence electrons. The normalized spacial score (nSPS) is 11.5. The van der Waals surface area contributed by atoms with Crippen LogP contribution in [0.4, 0.5) is 8.78 Å². The quantitative estimate of drug-likeness (QED) is 0.157. The molecule has 0 saturated carbocycles. The van der Waals surface area contributed by atoms with Gasteiger partial charge in [-0.15, -0.1) is 0 Å². The molecule has 0 aliphatic heterocycles. The van der Waals surface area contributed by atoms with Crippen molar-refractivity contribution in [2.75, 3.05) is 0 Å². The standard InChI is InChI=1S/C61H37F2N3/c62-48-25-30-49(55(63)37-48)47-35-60(65-56-31-43(39-13-5-1-6-14-39)21-26-50(56)51-27-22-44(32-57(51)65)40-15-7-2-8-16-40)54(38-64)61(36-47)66-58-33-45(41-17-9-3-10-18-41)23-28-52(58)53-29-24-46(34-59(53)66)42-19-11-4-12-20-42/h1-37H. The summed E-state index contributed by atoms with van der Waals surface area (Å²) in [5.74, 6) is -1.37. The lowest BCUT2D eigenvalue weighted by atomic mass is 9.99. The molecule has 5 heteroatoms. The van der Waals surface area contributed by atoms with E-state index in [-0.39, 0.29) is 5.56 Å². The van der Waals surface area contributed by atoms with Crippen molar-refractivity contribution in [3.63, 3.8) is 0 Å². The Labute approximate surface area is 379 Å². The first-order valence-corrected chi connectivity index (χ1v) is 21.9. The molecule has 0 N–H and O–H groups in total. The number of benzene rings is 10. The van der Waals surface area contributed by atoms with Crippen LogP contribution in [-0.2, 0) is 0 Å². The fourth-order valence-corrected chi connectivity index (χ4v) is 9.76. The van der Waals surface area contributed by atoms with Gasteiger partial charge in [-0.1, -0.05) is 170 Å². The molecule has 10 aromatic carbocycles. The van der Waals surface area contributed by atoms with Crippen molar-refractivity contribution in [1.82, 2.24) is 9.13 Å². The number of nitriles is 1. The van der Waals surface area contributed by atoms with Crippen molar-refractivity contribution in [3.8, 4) is 73.1 Å². The Bertz CT molecular complexity index is 3470. The molecule has 2 heterocycles. The van der Waals surface area contributed by atoms with Crippen LogP contribution in [0.1, 0.15) is 5.56 Å². The van der Waals surface area contributed by atoms with E-state index >= 15 is 4.39 Å². The lowest BCUT2D eigenvalue weighted by Crippen LogP contribution is -2.06. The maximum atomic E-state index is 16.3. The fraction of sp³-hybridized carbons (Fsp3) is 0. The zero-order chi connectivity index (χ0) is 44.3. The van der Waals surface area contributed by atoms with E-state index in [0.717, 1.165) is 94.2 Å². The summed E-state index contributed by atoms with van der Waals surface area (Å²) < 4.78 is 35.4. The van der Waals surface area contributed by atoms with Crippen LogP contribution in [0.15, 0.2) is 224 Å². The maximum absolute atomic E-state index is 16.3. The average Bonchev–Trinajstić information content (AvgIpc) is 3.88. The number of rotatable bonds is 7. The van der Waals surface area contributed by atoms with Crippen molar-refractivity contribution in [1.29, 1.82) is 5.26 Å². The van der Waals surface area contributed by atoms with Gasteiger partial charge in [0.05, 0.1) is 33.4 Å². The van der Waals surface area contributed by atoms with E-state index in [1.165, 1.54) is 12.1 Å². The molecule has 0 radical (unpaired) electrons. The molecule has 0 spiro atoms. The molecule has 0 aliphatic rings. The highest BCUT2D eigenvalue weighted by molar-refractivity contribution is 6.13. The molecule has 0 fully saturated rings. The van der Waals surface area contributed by atoms with E-state index in [9.17, 15) is 9.65 Å². The molecular weight excluding hydrogens is 813 g/mol. The highest BCUT2D eigenvalue weighted by Gasteiger charge is 2.25. The summed E-state index contributed by atoms with van der Waals surface area (Å²) in [5, 5.41) is 15.8. The van der Waals surface area contributed by atoms with Gasteiger partial charge in [-0.2, -0.15) is 5.26 Å². The van der Waals surface area contributed by atoms with Crippen LogP contribution in [0.3, 0.4) is 0 Å². The molecule has 0 bridgehead atoms. The number of halogens is 2. The largest absolute Gasteiger partial charge is 0.308 e. The smallest absolute Gasteiger partial charge is 0.133 e. The second-order valence-corrected chi connectivity index (χ2v) is 16.7. The fourth-order valence-electron chi connectivity index (χ4n) is 9.76. The molecule has 3 nitrogen and oxygen atoms in total. The van der Waals surface area contributed by atoms with Gasteiger partial charge in [-0.05, 0) is 98.6 Å². The van der Waals surface area contributed by atoms with E-state index in [4.69, 9.17) is 0 Å². The van der Waals surface area contributed by atoms with E-state index in [2.05, 4.69) is 137 Å². The lowest BCUT2D eigenvalue weighted by molar-refractivity contribution is 0.585. The maximum Gasteiger partial charge on any atom is 0.133 e. The molecule has 66 heavy (non-hydrogen) atoms. The predicted octanol–water partition coefficient (Wildman–Crippen LogP) is 16.4. The van der Waals surface area contributed by atoms with Gasteiger partial charge in [0.15, 0.2) is 0 Å². The van der Waals surface area contributed by atoms with E-state index < -0.39 is 11.6 Å². The summed E-state index contributed by atoms with van der Waals surface area (Å²) in [6.07, 6.45) is 0. The third-order valence-corrected chi connectivity index (χ3v) is 12.9. The van der Waals surface area contributed by atoms with Crippen molar-refractivity contribution in [2.24, 2.45) is 0 Å². The van der Waals surface area contributed by atoms with Crippen LogP contribution in [0.5, 0.6) is 0 Å². The van der Waals surface area contributed by atoms with Crippen molar-refractivity contribution < 1.29 is 8.78 Å². The molecule has 2 aromatic heterocycles. The molecule has 0 unspecified atom stereocenters. The Kier molecular flexibility index (Phi) is 9.25. The molecule has 0 saturated heterocycles. The van der Waals surface area contributed by atoms with Crippen LogP contribution in [0.2, 0.25) is 0 Å². The Morgan fingerprint density at radius 3 is 0.955 bits per heavy atom. The number of hydrogen-bond donors (Lipinski definition) is 0. The first-order chi connectivity index (χ1) is 32.5. The van der Waals surface area contributed by atoms with Crippen LogP contribution in [0.25, 0.3) is 111 Å². The number of aromatic nitrogens is 2. The topological polar surface area (TPSA) is 33.6 Å². The molecular formula is C61H37F2N3. The highest BCUT2D eigenvalue weighted by atomic mass is 19.1. The zero-order valence-corrected chi connectivity index (χ0v) is 35.5. The first-order valence-electron chi connectivity index (χ1n) is 21.9. The van der Waals surface area contributed by atoms with Crippen LogP contribution >= 0.6 is 0 Å². The van der Waals surface area contributed by atoms with Gasteiger partial charge >= 0.3 is 0 Å². The zero-order valence-electron chi connectivity index (χ0n) is 35.5. The summed E-state index contributed by atoms with van der Waals surface area (Å²) in [7, 11) is 0. The third-order valence-electron chi connectivity index (χ3n) is 12.9. The molecule has 12 rings (SSSR count). The summed E-state index contributed by atoms with van der Waals surface area (Å²) >= 11 is 0. The Morgan fingerprint density at radius 2 is 0.652 bits per heavy atom. The van der Waals surface area contributed by atoms with Gasteiger partial charge in [0, 0.05) is 33.2 Å². The number of fused-ring (bicyclic) bond motifs is 6. The predicted molar refractivity (Wildman–Crippen MR) is 267 cm³/mol. The second kappa shape index (κ2) is 15.7. The summed E-state index contributed by atoms with van der Waals surface area (Å²) in [5.41, 5.74) is 14.1. The molecule has 0 amide bonds. The second-order valence-electron chi connectivity index (χ2n) is 16.7. The monoisotopic (exact) mass is 849 g/mol. The molecule has 12 aromatic rings. The van der Waals surface area contributed by atoms with Crippen LogP contribution < -0.4 is 0 Å². The Hall–Kier alpha value is -8.85. The van der Waals surface area contributed by atoms with Gasteiger partial charge < -0.3 is 9.13 Å². The summed E-state index contributed by atoms with van der Waals surface area (Å²) in [6, 6.07) is 77.0. The lowest BCUT2D eigenvalue weighted by Gasteiger charge is -2.19. The average molecular weight is 850 g/mol. The highest BCUT2D eigenvalue weighted by Crippen LogP contribution is 2.43. The van der Waals surface area contributed by atoms with Crippen LogP contribution in [0, 0.1) is 23.0 Å². The summed E-state index contributed by atoms with van der Waals surface area (Å²) in [4.78, 5) is 0. The van der Waals surface area contributed by atoms with Gasteiger partial charge in [0.25, 0.3) is 0 Å². The van der Waals surface area contributed by atoms with E-state index in [1.54, 1.807) is 0 Å². The van der Waals surface area contributed by atoms with E-state index in [1.807, 2.05) is 84.9 Å². The van der Waals surface area contributed by atoms with Crippen molar-refractivity contribution >= 4 is 43.6 Å². The van der Waals surface area contributed by atoms with Gasteiger partial charge in [0.2, 0.25) is 0 Å². The minimum absolute atomic E-state index is 0.217. The van der Waals surface area contributed by atoms with Crippen LogP contribution in [-0.4, -0.2) is 9.13 Å². The Balaban J connectivity index is 1.24. The van der Waals surface area contributed by atoms with Gasteiger partial charge in [-0.25, -0.2) is 8.78 Å². The van der Waals surface area contributed by atoms with Gasteiger partial charge in [0.1, 0.15) is 23.3 Å². The SMILES string of the molecule is N#Cc1c(-n2c3cc(-c4ccccc4)ccc3c3ccc(-c4ccccc4)cc32)cc(-c2ccc(F)cc2F)cc1-n1c2cc(-c3ccccc3)ccc2c2ccc(-c3ccccc3)cc21. The summed E-state index contributed by atoms with van der Waals surface area (Å²) in [6.45, 7) is 0. The minimum atomic E-state index is -0.698. The molecule has 0 atom stereocenters. The Morgan fingerprint density at radius 1 is 0.318 bits per heavy atom. The third kappa shape index (κ3) is 6.47. The first kappa shape index (κ1) is 38.8. The van der Waals surface area contributed by atoms with E-state index in [0.29, 0.717) is 22.5 Å². The molecule has 0 aliphatic carbocycles. The number of nitrogens with zero attached hydrogens (tertiary/aromatic N) is 3. The minimum Gasteiger partial charge on any atom is -0.308 e. The van der Waals surface area contributed by atoms with Crippen molar-refractivity contribution in [2.45, 2.75) is 0 Å². The van der Waals surface area contributed by atoms with Gasteiger partial charge in [-0.3, -0.25) is 0 Å². The van der Waals surface area contributed by atoms with Crippen molar-refractivity contribution in [3.05, 3.63) is 242 Å².